The summed E-state index contributed by atoms with van der Waals surface area (Å²) in [5.74, 6) is -0.114. The van der Waals surface area contributed by atoms with E-state index in [0.717, 1.165) is 0 Å². The summed E-state index contributed by atoms with van der Waals surface area (Å²) in [6.07, 6.45) is 2.98. The monoisotopic (exact) mass is 263 g/mol. The number of hydrogen-bond acceptors (Lipinski definition) is 5. The first-order chi connectivity index (χ1) is 9.25. The van der Waals surface area contributed by atoms with Gasteiger partial charge in [-0.05, 0) is 0 Å². The summed E-state index contributed by atoms with van der Waals surface area (Å²) in [5, 5.41) is 0. The highest BCUT2D eigenvalue weighted by atomic mass is 16.5. The van der Waals surface area contributed by atoms with Gasteiger partial charge in [-0.2, -0.15) is 0 Å². The number of rotatable bonds is 2. The molecule has 0 radical (unpaired) electrons. The van der Waals surface area contributed by atoms with Crippen LogP contribution in [0, 0.1) is 0 Å². The molecule has 0 spiro atoms. The molecule has 0 atom stereocenters. The lowest BCUT2D eigenvalue weighted by Crippen LogP contribution is -2.43. The van der Waals surface area contributed by atoms with Gasteiger partial charge >= 0.3 is 5.69 Å². The lowest BCUT2D eigenvalue weighted by Gasteiger charge is -2.26. The second kappa shape index (κ2) is 4.81. The smallest absolute Gasteiger partial charge is 0.329 e. The molecule has 0 aliphatic carbocycles. The van der Waals surface area contributed by atoms with Crippen LogP contribution in [0.2, 0.25) is 0 Å². The maximum Gasteiger partial charge on any atom is 0.329 e. The van der Waals surface area contributed by atoms with E-state index in [1.807, 2.05) is 0 Å². The van der Waals surface area contributed by atoms with Crippen molar-refractivity contribution in [2.75, 3.05) is 26.3 Å². The molecular weight excluding hydrogens is 250 g/mol. The van der Waals surface area contributed by atoms with Gasteiger partial charge in [-0.1, -0.05) is 0 Å². The Hall–Kier alpha value is -2.22. The molecule has 0 saturated carbocycles. The van der Waals surface area contributed by atoms with Crippen molar-refractivity contribution < 1.29 is 9.53 Å². The molecule has 1 fully saturated rings. The Balaban J connectivity index is 1.86. The van der Waals surface area contributed by atoms with Crippen molar-refractivity contribution >= 4 is 17.2 Å². The van der Waals surface area contributed by atoms with Crippen LogP contribution in [-0.2, 0) is 16.1 Å². The van der Waals surface area contributed by atoms with E-state index in [2.05, 4.69) is 15.0 Å². The fourth-order valence-electron chi connectivity index (χ4n) is 2.08. The Morgan fingerprint density at radius 2 is 2.05 bits per heavy atom. The number of imidazole rings is 1. The molecule has 0 bridgehead atoms. The molecule has 3 rings (SSSR count). The average Bonchev–Trinajstić information content (AvgIpc) is 2.76. The van der Waals surface area contributed by atoms with Crippen molar-refractivity contribution in [3.63, 3.8) is 0 Å². The molecule has 2 aromatic heterocycles. The van der Waals surface area contributed by atoms with Gasteiger partial charge in [0.15, 0.2) is 11.3 Å². The molecule has 3 heterocycles. The second-order valence-electron chi connectivity index (χ2n) is 4.24. The fraction of sp³-hybridized carbons (Fsp3) is 0.455. The molecule has 8 nitrogen and oxygen atoms in total. The first kappa shape index (κ1) is 11.8. The van der Waals surface area contributed by atoms with Gasteiger partial charge in [0.25, 0.3) is 0 Å². The highest BCUT2D eigenvalue weighted by Gasteiger charge is 2.19. The molecule has 100 valence electrons. The zero-order valence-electron chi connectivity index (χ0n) is 10.2. The summed E-state index contributed by atoms with van der Waals surface area (Å²) in [5.41, 5.74) is 0.416. The van der Waals surface area contributed by atoms with Crippen LogP contribution >= 0.6 is 0 Å². The van der Waals surface area contributed by atoms with Gasteiger partial charge < -0.3 is 9.64 Å². The van der Waals surface area contributed by atoms with Crippen LogP contribution in [0.25, 0.3) is 11.3 Å². The number of aromatic amines is 1. The van der Waals surface area contributed by atoms with Gasteiger partial charge in [0.2, 0.25) is 5.91 Å². The van der Waals surface area contributed by atoms with E-state index in [0.29, 0.717) is 37.6 Å². The quantitative estimate of drug-likeness (QED) is 0.748. The summed E-state index contributed by atoms with van der Waals surface area (Å²) in [4.78, 5) is 36.2. The number of aromatic nitrogens is 4. The van der Waals surface area contributed by atoms with Crippen molar-refractivity contribution in [2.24, 2.45) is 0 Å². The summed E-state index contributed by atoms with van der Waals surface area (Å²) in [6.45, 7) is 2.16. The van der Waals surface area contributed by atoms with E-state index in [4.69, 9.17) is 4.74 Å². The van der Waals surface area contributed by atoms with Gasteiger partial charge in [-0.25, -0.2) is 14.8 Å². The number of carbonyl (C=O) groups is 1. The second-order valence-corrected chi connectivity index (χ2v) is 4.24. The van der Waals surface area contributed by atoms with Gasteiger partial charge in [0.05, 0.1) is 13.2 Å². The maximum atomic E-state index is 12.1. The van der Waals surface area contributed by atoms with E-state index >= 15 is 0 Å². The number of morpholine rings is 1. The minimum atomic E-state index is -0.372. The Labute approximate surface area is 108 Å². The molecule has 19 heavy (non-hydrogen) atoms. The van der Waals surface area contributed by atoms with Gasteiger partial charge in [-0.15, -0.1) is 0 Å². The van der Waals surface area contributed by atoms with Gasteiger partial charge in [-0.3, -0.25) is 14.3 Å². The van der Waals surface area contributed by atoms with Gasteiger partial charge in [0.1, 0.15) is 6.54 Å². The standard InChI is InChI=1S/C11H13N5O3/c17-8(15-3-5-19-6-4-15)7-16-10-9(14-11(16)18)12-1-2-13-10/h1-2H,3-7H2,(H,12,14,18). The highest BCUT2D eigenvalue weighted by Crippen LogP contribution is 2.04. The van der Waals surface area contributed by atoms with Crippen molar-refractivity contribution in [3.05, 3.63) is 22.9 Å². The van der Waals surface area contributed by atoms with Crippen LogP contribution in [0.4, 0.5) is 0 Å². The largest absolute Gasteiger partial charge is 0.378 e. The minimum Gasteiger partial charge on any atom is -0.378 e. The summed E-state index contributed by atoms with van der Waals surface area (Å²) in [6, 6.07) is 0. The molecule has 1 saturated heterocycles. The SMILES string of the molecule is O=C(Cn1c(=O)[nH]c2nccnc21)N1CCOCC1. The van der Waals surface area contributed by atoms with Crippen LogP contribution in [0.1, 0.15) is 0 Å². The summed E-state index contributed by atoms with van der Waals surface area (Å²) >= 11 is 0. The molecule has 8 heteroatoms. The van der Waals surface area contributed by atoms with Crippen LogP contribution in [0.15, 0.2) is 17.2 Å². The molecule has 1 amide bonds. The van der Waals surface area contributed by atoms with Crippen molar-refractivity contribution in [1.29, 1.82) is 0 Å². The number of nitrogens with one attached hydrogen (secondary N) is 1. The number of ether oxygens (including phenoxy) is 1. The molecule has 0 unspecified atom stereocenters. The van der Waals surface area contributed by atoms with Crippen LogP contribution in [0.5, 0.6) is 0 Å². The van der Waals surface area contributed by atoms with E-state index in [9.17, 15) is 9.59 Å². The normalized spacial score (nSPS) is 15.9. The minimum absolute atomic E-state index is 0.0302. The zero-order valence-corrected chi connectivity index (χ0v) is 10.2. The third kappa shape index (κ3) is 2.22. The van der Waals surface area contributed by atoms with E-state index in [1.165, 1.54) is 17.0 Å². The third-order valence-electron chi connectivity index (χ3n) is 3.06. The third-order valence-corrected chi connectivity index (χ3v) is 3.06. The zero-order chi connectivity index (χ0) is 13.2. The van der Waals surface area contributed by atoms with Crippen LogP contribution in [-0.4, -0.2) is 56.6 Å². The average molecular weight is 263 g/mol. The predicted octanol–water partition coefficient (Wildman–Crippen LogP) is -1.02. The Morgan fingerprint density at radius 1 is 1.32 bits per heavy atom. The molecule has 2 aromatic rings. The van der Waals surface area contributed by atoms with Crippen molar-refractivity contribution in [3.8, 4) is 0 Å². The number of carbonyl (C=O) groups excluding carboxylic acids is 1. The topological polar surface area (TPSA) is 93.1 Å². The molecular formula is C11H13N5O3. The number of fused-ring (bicyclic) bond motifs is 1. The lowest BCUT2D eigenvalue weighted by molar-refractivity contribution is -0.135. The number of nitrogens with zero attached hydrogens (tertiary/aromatic N) is 4. The first-order valence-electron chi connectivity index (χ1n) is 6.01. The van der Waals surface area contributed by atoms with Crippen molar-refractivity contribution in [2.45, 2.75) is 6.54 Å². The molecule has 1 N–H and O–H groups in total. The molecule has 0 aromatic carbocycles. The van der Waals surface area contributed by atoms with Crippen molar-refractivity contribution in [1.82, 2.24) is 24.4 Å². The summed E-state index contributed by atoms with van der Waals surface area (Å²) < 4.78 is 6.49. The maximum absolute atomic E-state index is 12.1. The number of H-pyrrole nitrogens is 1. The summed E-state index contributed by atoms with van der Waals surface area (Å²) in [7, 11) is 0. The van der Waals surface area contributed by atoms with E-state index in [-0.39, 0.29) is 18.1 Å². The van der Waals surface area contributed by atoms with Crippen LogP contribution in [0.3, 0.4) is 0 Å². The van der Waals surface area contributed by atoms with Gasteiger partial charge in [0, 0.05) is 25.5 Å². The highest BCUT2D eigenvalue weighted by molar-refractivity contribution is 5.78. The van der Waals surface area contributed by atoms with Crippen LogP contribution < -0.4 is 5.69 Å². The van der Waals surface area contributed by atoms with E-state index < -0.39 is 0 Å². The molecule has 1 aliphatic heterocycles. The molecule has 1 aliphatic rings. The fourth-order valence-corrected chi connectivity index (χ4v) is 2.08. The lowest BCUT2D eigenvalue weighted by atomic mass is 10.4. The number of hydrogen-bond donors (Lipinski definition) is 1. The van der Waals surface area contributed by atoms with E-state index in [1.54, 1.807) is 4.90 Å². The number of amides is 1. The Bertz CT molecular complexity index is 656. The predicted molar refractivity (Wildman–Crippen MR) is 65.5 cm³/mol. The first-order valence-corrected chi connectivity index (χ1v) is 6.01. The Kier molecular flexibility index (Phi) is 3.00. The Morgan fingerprint density at radius 3 is 2.84 bits per heavy atom.